The highest BCUT2D eigenvalue weighted by molar-refractivity contribution is 7.90. The maximum absolute atomic E-state index is 13.0. The third-order valence-electron chi connectivity index (χ3n) is 7.89. The number of hydrogen-bond acceptors (Lipinski definition) is 9. The number of hydrogen-bond donors (Lipinski definition) is 3. The first-order valence-electron chi connectivity index (χ1n) is 15.3. The van der Waals surface area contributed by atoms with Crippen LogP contribution in [-0.2, 0) is 19.6 Å². The predicted molar refractivity (Wildman–Crippen MR) is 186 cm³/mol. The number of ether oxygens (including phenoxy) is 1. The molecule has 4 rings (SSSR count). The number of carbonyl (C=O) groups is 2. The molecule has 0 spiro atoms. The van der Waals surface area contributed by atoms with Crippen LogP contribution in [0.4, 0.5) is 11.6 Å². The molecule has 11 nitrogen and oxygen atoms in total. The maximum atomic E-state index is 13.0. The van der Waals surface area contributed by atoms with E-state index in [0.29, 0.717) is 37.9 Å². The highest BCUT2D eigenvalue weighted by Gasteiger charge is 2.35. The van der Waals surface area contributed by atoms with Gasteiger partial charge in [-0.15, -0.1) is 24.8 Å². The first kappa shape index (κ1) is 40.0. The summed E-state index contributed by atoms with van der Waals surface area (Å²) in [6.07, 6.45) is 4.92. The zero-order valence-corrected chi connectivity index (χ0v) is 30.3. The summed E-state index contributed by atoms with van der Waals surface area (Å²) in [5.41, 5.74) is 0.233. The second-order valence-corrected chi connectivity index (χ2v) is 15.5. The lowest BCUT2D eigenvalue weighted by Crippen LogP contribution is -2.33. The number of carbonyl (C=O) groups excluding carboxylic acids is 2. The van der Waals surface area contributed by atoms with Gasteiger partial charge < -0.3 is 15.4 Å². The van der Waals surface area contributed by atoms with Crippen LogP contribution < -0.4 is 20.3 Å². The number of aromatic nitrogens is 2. The van der Waals surface area contributed by atoms with Gasteiger partial charge in [0.25, 0.3) is 21.8 Å². The molecule has 2 saturated heterocycles. The number of halogens is 3. The third kappa shape index (κ3) is 11.2. The topological polar surface area (TPSA) is 143 Å². The van der Waals surface area contributed by atoms with Crippen molar-refractivity contribution in [2.45, 2.75) is 89.8 Å². The van der Waals surface area contributed by atoms with Gasteiger partial charge >= 0.3 is 0 Å². The van der Waals surface area contributed by atoms with Gasteiger partial charge in [-0.2, -0.15) is 8.42 Å². The molecule has 2 aromatic heterocycles. The zero-order valence-electron chi connectivity index (χ0n) is 27.1. The molecule has 46 heavy (non-hydrogen) atoms. The number of rotatable bonds is 13. The molecule has 1 unspecified atom stereocenters. The molecule has 2 aliphatic heterocycles. The summed E-state index contributed by atoms with van der Waals surface area (Å²) in [7, 11) is -4.29. The molecule has 0 aliphatic carbocycles. The van der Waals surface area contributed by atoms with Crippen molar-refractivity contribution in [3.63, 3.8) is 0 Å². The number of nitrogens with zero attached hydrogens (tertiary/aromatic N) is 3. The molecule has 2 amide bonds. The van der Waals surface area contributed by atoms with E-state index in [-0.39, 0.29) is 63.2 Å². The van der Waals surface area contributed by atoms with E-state index in [9.17, 15) is 18.0 Å². The third-order valence-corrected chi connectivity index (χ3v) is 9.41. The van der Waals surface area contributed by atoms with Gasteiger partial charge in [0, 0.05) is 31.7 Å². The molecule has 15 heteroatoms. The normalized spacial score (nSPS) is 19.3. The van der Waals surface area contributed by atoms with Gasteiger partial charge in [0.2, 0.25) is 0 Å². The van der Waals surface area contributed by atoms with Crippen LogP contribution in [0.3, 0.4) is 0 Å². The van der Waals surface area contributed by atoms with Crippen LogP contribution in [-0.4, -0.2) is 68.1 Å². The van der Waals surface area contributed by atoms with Crippen molar-refractivity contribution in [2.24, 2.45) is 11.3 Å². The van der Waals surface area contributed by atoms with Crippen LogP contribution >= 0.6 is 36.4 Å². The summed E-state index contributed by atoms with van der Waals surface area (Å²) in [6.45, 7) is 13.4. The van der Waals surface area contributed by atoms with E-state index in [4.69, 9.17) is 16.3 Å². The fraction of sp³-hybridized carbons (Fsp3) is 0.613. The van der Waals surface area contributed by atoms with Gasteiger partial charge in [-0.1, -0.05) is 38.4 Å². The van der Waals surface area contributed by atoms with Gasteiger partial charge in [0.05, 0.1) is 5.56 Å². The minimum atomic E-state index is -4.29. The molecule has 2 fully saturated rings. The number of amides is 2. The SMILES string of the molecule is CC(C)(C)CCCOC1CCN(c2ccc(C(=O)NS(=O)(=O)c3cccc(NCCC[C@@H]4CNC(C)(C)C4)n3)c(Cl)n2)C1=O.Cl.Cl. The Morgan fingerprint density at radius 3 is 2.54 bits per heavy atom. The lowest BCUT2D eigenvalue weighted by molar-refractivity contribution is -0.127. The average molecular weight is 722 g/mol. The molecule has 4 heterocycles. The lowest BCUT2D eigenvalue weighted by atomic mass is 9.91. The van der Waals surface area contributed by atoms with Crippen molar-refractivity contribution in [3.8, 4) is 0 Å². The number of nitrogens with one attached hydrogen (secondary N) is 3. The quantitative estimate of drug-likeness (QED) is 0.178. The van der Waals surface area contributed by atoms with E-state index in [1.165, 1.54) is 23.1 Å². The van der Waals surface area contributed by atoms with E-state index in [0.717, 1.165) is 38.6 Å². The average Bonchev–Trinajstić information content (AvgIpc) is 3.48. The van der Waals surface area contributed by atoms with Crippen molar-refractivity contribution in [1.82, 2.24) is 20.0 Å². The summed E-state index contributed by atoms with van der Waals surface area (Å²) in [6, 6.07) is 7.39. The van der Waals surface area contributed by atoms with Crippen LogP contribution in [0.5, 0.6) is 0 Å². The maximum Gasteiger partial charge on any atom is 0.281 e. The van der Waals surface area contributed by atoms with Gasteiger partial charge in [-0.3, -0.25) is 14.5 Å². The fourth-order valence-corrected chi connectivity index (χ4v) is 6.77. The van der Waals surface area contributed by atoms with E-state index in [1.54, 1.807) is 12.1 Å². The molecule has 2 aromatic rings. The molecule has 0 radical (unpaired) electrons. The lowest BCUT2D eigenvalue weighted by Gasteiger charge is -2.19. The van der Waals surface area contributed by atoms with Gasteiger partial charge in [-0.25, -0.2) is 14.7 Å². The standard InChI is InChI=1S/C31H45ClN6O5S.2ClH/c1-30(2,3)15-8-18-43-23-14-17-38(29(23)40)25-13-12-22(27(32)36-25)28(39)37-44(41,42)26-11-6-10-24(35-26)33-16-7-9-21-19-31(4,5)34-20-21;;/h6,10-13,21,23,34H,7-9,14-20H2,1-5H3,(H,33,35)(H,37,39);2*1H/t21-,23?;;/m0../s1. The van der Waals surface area contributed by atoms with Crippen LogP contribution in [0, 0.1) is 11.3 Å². The van der Waals surface area contributed by atoms with Gasteiger partial charge in [0.15, 0.2) is 5.03 Å². The Kier molecular flexibility index (Phi) is 14.5. The zero-order chi connectivity index (χ0) is 32.1. The summed E-state index contributed by atoms with van der Waals surface area (Å²) in [5, 5.41) is 6.18. The van der Waals surface area contributed by atoms with E-state index < -0.39 is 22.0 Å². The molecule has 2 atom stereocenters. The molecule has 0 aromatic carbocycles. The molecule has 258 valence electrons. The fourth-order valence-electron chi connectivity index (χ4n) is 5.60. The first-order valence-corrected chi connectivity index (χ1v) is 17.1. The molecular formula is C31H47Cl3N6O5S. The molecule has 0 saturated carbocycles. The van der Waals surface area contributed by atoms with Gasteiger partial charge in [0.1, 0.15) is 22.9 Å². The van der Waals surface area contributed by atoms with Gasteiger partial charge in [-0.05, 0) is 88.1 Å². The molecule has 3 N–H and O–H groups in total. The van der Waals surface area contributed by atoms with Crippen LogP contribution in [0.2, 0.25) is 5.15 Å². The van der Waals surface area contributed by atoms with E-state index in [1.807, 2.05) is 4.72 Å². The van der Waals surface area contributed by atoms with E-state index in [2.05, 4.69) is 55.2 Å². The summed E-state index contributed by atoms with van der Waals surface area (Å²) >= 11 is 6.30. The minimum Gasteiger partial charge on any atom is -0.370 e. The molecule has 0 bridgehead atoms. The monoisotopic (exact) mass is 720 g/mol. The van der Waals surface area contributed by atoms with Crippen molar-refractivity contribution in [3.05, 3.63) is 41.0 Å². The smallest absolute Gasteiger partial charge is 0.281 e. The van der Waals surface area contributed by atoms with Crippen molar-refractivity contribution < 1.29 is 22.7 Å². The molecular weight excluding hydrogens is 675 g/mol. The second kappa shape index (κ2) is 16.7. The molecule has 2 aliphatic rings. The highest BCUT2D eigenvalue weighted by atomic mass is 35.5. The Morgan fingerprint density at radius 2 is 1.89 bits per heavy atom. The Morgan fingerprint density at radius 1 is 1.15 bits per heavy atom. The minimum absolute atomic E-state index is 0. The Balaban J connectivity index is 0.00000368. The number of anilines is 2. The Hall–Kier alpha value is -2.22. The van der Waals surface area contributed by atoms with Crippen LogP contribution in [0.15, 0.2) is 35.4 Å². The second-order valence-electron chi connectivity index (χ2n) is 13.5. The van der Waals surface area contributed by atoms with Crippen molar-refractivity contribution >= 4 is 69.9 Å². The van der Waals surface area contributed by atoms with E-state index >= 15 is 0 Å². The number of sulfonamides is 1. The van der Waals surface area contributed by atoms with Crippen LogP contribution in [0.25, 0.3) is 0 Å². The summed E-state index contributed by atoms with van der Waals surface area (Å²) < 4.78 is 33.8. The predicted octanol–water partition coefficient (Wildman–Crippen LogP) is 5.62. The largest absolute Gasteiger partial charge is 0.370 e. The van der Waals surface area contributed by atoms with Crippen LogP contribution in [0.1, 0.15) is 83.5 Å². The Bertz CT molecular complexity index is 1450. The summed E-state index contributed by atoms with van der Waals surface area (Å²) in [5.74, 6) is 0.125. The van der Waals surface area contributed by atoms with Crippen molar-refractivity contribution in [1.29, 1.82) is 0 Å². The summed E-state index contributed by atoms with van der Waals surface area (Å²) in [4.78, 5) is 35.7. The number of pyridine rings is 2. The highest BCUT2D eigenvalue weighted by Crippen LogP contribution is 2.28. The Labute approximate surface area is 290 Å². The first-order chi connectivity index (χ1) is 20.6. The van der Waals surface area contributed by atoms with Crippen molar-refractivity contribution in [2.75, 3.05) is 36.5 Å².